The van der Waals surface area contributed by atoms with Crippen LogP contribution in [0.15, 0.2) is 24.3 Å². The number of benzene rings is 1. The van der Waals surface area contributed by atoms with E-state index in [0.717, 1.165) is 0 Å². The van der Waals surface area contributed by atoms with Gasteiger partial charge in [0.15, 0.2) is 0 Å². The second-order valence-electron chi connectivity index (χ2n) is 9.07. The molecule has 1 aromatic carbocycles. The molecule has 4 atom stereocenters. The van der Waals surface area contributed by atoms with Crippen LogP contribution in [0.3, 0.4) is 0 Å². The monoisotopic (exact) mass is 568 g/mol. The largest absolute Gasteiger partial charge is 0.508 e. The molecule has 0 bridgehead atoms. The van der Waals surface area contributed by atoms with Gasteiger partial charge in [-0.1, -0.05) is 12.1 Å². The number of nitrogens with two attached hydrogens (primary N) is 3. The first-order valence-corrected chi connectivity index (χ1v) is 14.0. The Morgan fingerprint density at radius 2 is 1.46 bits per heavy atom. The second-order valence-corrected chi connectivity index (χ2v) is 10.1. The van der Waals surface area contributed by atoms with Crippen molar-refractivity contribution in [1.82, 2.24) is 16.0 Å². The van der Waals surface area contributed by atoms with Gasteiger partial charge in [0.2, 0.25) is 23.6 Å². The first-order chi connectivity index (χ1) is 18.5. The second kappa shape index (κ2) is 18.0. The average molecular weight is 569 g/mol. The van der Waals surface area contributed by atoms with Crippen molar-refractivity contribution in [2.75, 3.05) is 18.6 Å². The van der Waals surface area contributed by atoms with Crippen LogP contribution >= 0.6 is 11.8 Å². The highest BCUT2D eigenvalue weighted by Gasteiger charge is 2.30. The van der Waals surface area contributed by atoms with Gasteiger partial charge in [0, 0.05) is 12.8 Å². The van der Waals surface area contributed by atoms with Gasteiger partial charge < -0.3 is 43.4 Å². The molecular weight excluding hydrogens is 528 g/mol. The molecule has 1 aromatic rings. The lowest BCUT2D eigenvalue weighted by atomic mass is 10.0. The van der Waals surface area contributed by atoms with Gasteiger partial charge in [-0.15, -0.1) is 0 Å². The molecule has 1 rings (SSSR count). The van der Waals surface area contributed by atoms with Crippen LogP contribution in [0.5, 0.6) is 5.75 Å². The van der Waals surface area contributed by atoms with Gasteiger partial charge in [0.05, 0.1) is 6.04 Å². The fourth-order valence-electron chi connectivity index (χ4n) is 3.58. The fraction of sp³-hybridized carbons (Fsp3) is 0.560. The Morgan fingerprint density at radius 1 is 0.872 bits per heavy atom. The maximum atomic E-state index is 13.2. The average Bonchev–Trinajstić information content (AvgIpc) is 2.89. The summed E-state index contributed by atoms with van der Waals surface area (Å²) in [4.78, 5) is 62.1. The van der Waals surface area contributed by atoms with E-state index < -0.39 is 53.8 Å². The van der Waals surface area contributed by atoms with E-state index in [9.17, 15) is 34.2 Å². The van der Waals surface area contributed by atoms with Gasteiger partial charge in [-0.2, -0.15) is 11.8 Å². The third-order valence-electron chi connectivity index (χ3n) is 5.85. The van der Waals surface area contributed by atoms with Crippen LogP contribution in [0, 0.1) is 0 Å². The summed E-state index contributed by atoms with van der Waals surface area (Å²) in [6, 6.07) is 1.36. The molecule has 218 valence electrons. The van der Waals surface area contributed by atoms with Crippen LogP contribution in [0.25, 0.3) is 0 Å². The van der Waals surface area contributed by atoms with E-state index in [1.54, 1.807) is 12.1 Å². The zero-order valence-corrected chi connectivity index (χ0v) is 22.9. The standard InChI is InChI=1S/C25H40N6O7S/c1-39-13-11-17(27)22(34)29-18(9-10-21(28)33)23(35)31-20(14-15-5-7-16(32)8-6-15)24(36)30-19(25(37)38)4-2-3-12-26/h5-8,17-20,32H,2-4,9-14,26-27H2,1H3,(H2,28,33)(H,29,34)(H,30,36)(H,31,35)(H,37,38). The maximum absolute atomic E-state index is 13.2. The Morgan fingerprint density at radius 3 is 2.03 bits per heavy atom. The molecular formula is C25H40N6O7S. The zero-order chi connectivity index (χ0) is 29.4. The molecule has 0 saturated heterocycles. The minimum Gasteiger partial charge on any atom is -0.508 e. The van der Waals surface area contributed by atoms with Gasteiger partial charge in [-0.25, -0.2) is 4.79 Å². The number of amides is 4. The predicted octanol–water partition coefficient (Wildman–Crippen LogP) is -1.05. The maximum Gasteiger partial charge on any atom is 0.326 e. The van der Waals surface area contributed by atoms with Crippen LogP contribution in [0.2, 0.25) is 0 Å². The molecule has 0 aromatic heterocycles. The molecule has 4 unspecified atom stereocenters. The third kappa shape index (κ3) is 13.3. The SMILES string of the molecule is CSCCC(N)C(=O)NC(CCC(N)=O)C(=O)NC(Cc1ccc(O)cc1)C(=O)NC(CCCCN)C(=O)O. The quantitative estimate of drug-likeness (QED) is 0.0941. The van der Waals surface area contributed by atoms with Crippen molar-refractivity contribution in [2.24, 2.45) is 17.2 Å². The molecule has 0 spiro atoms. The minimum absolute atomic E-state index is 0.00155. The summed E-state index contributed by atoms with van der Waals surface area (Å²) in [5.74, 6) is -3.42. The third-order valence-corrected chi connectivity index (χ3v) is 6.50. The molecule has 0 saturated carbocycles. The van der Waals surface area contributed by atoms with E-state index >= 15 is 0 Å². The number of aromatic hydroxyl groups is 1. The number of thioether (sulfide) groups is 1. The number of rotatable bonds is 19. The highest BCUT2D eigenvalue weighted by atomic mass is 32.2. The van der Waals surface area contributed by atoms with E-state index in [-0.39, 0.29) is 31.4 Å². The van der Waals surface area contributed by atoms with Crippen molar-refractivity contribution in [3.05, 3.63) is 29.8 Å². The van der Waals surface area contributed by atoms with Crippen molar-refractivity contribution in [3.63, 3.8) is 0 Å². The number of hydrogen-bond donors (Lipinski definition) is 8. The van der Waals surface area contributed by atoms with Crippen molar-refractivity contribution < 1.29 is 34.2 Å². The number of primary amides is 1. The van der Waals surface area contributed by atoms with E-state index in [4.69, 9.17) is 17.2 Å². The summed E-state index contributed by atoms with van der Waals surface area (Å²) in [7, 11) is 0. The van der Waals surface area contributed by atoms with Crippen molar-refractivity contribution in [3.8, 4) is 5.75 Å². The molecule has 39 heavy (non-hydrogen) atoms. The molecule has 13 nitrogen and oxygen atoms in total. The van der Waals surface area contributed by atoms with Crippen molar-refractivity contribution in [2.45, 2.75) is 69.1 Å². The van der Waals surface area contributed by atoms with Crippen LogP contribution < -0.4 is 33.2 Å². The Balaban J connectivity index is 3.14. The van der Waals surface area contributed by atoms with Gasteiger partial charge >= 0.3 is 5.97 Å². The van der Waals surface area contributed by atoms with Crippen molar-refractivity contribution in [1.29, 1.82) is 0 Å². The lowest BCUT2D eigenvalue weighted by Gasteiger charge is -2.25. The van der Waals surface area contributed by atoms with Crippen LogP contribution in [-0.4, -0.2) is 82.5 Å². The van der Waals surface area contributed by atoms with Crippen LogP contribution in [-0.2, 0) is 30.4 Å². The molecule has 0 aliphatic heterocycles. The van der Waals surface area contributed by atoms with Crippen LogP contribution in [0.1, 0.15) is 44.1 Å². The normalized spacial score (nSPS) is 13.9. The first-order valence-electron chi connectivity index (χ1n) is 12.6. The fourth-order valence-corrected chi connectivity index (χ4v) is 4.07. The lowest BCUT2D eigenvalue weighted by Crippen LogP contribution is -2.57. The first kappa shape index (κ1) is 33.7. The number of phenolic OH excluding ortho intramolecular Hbond substituents is 1. The number of aliphatic carboxylic acids is 1. The molecule has 4 amide bonds. The van der Waals surface area contributed by atoms with E-state index in [0.29, 0.717) is 37.1 Å². The summed E-state index contributed by atoms with van der Waals surface area (Å²) < 4.78 is 0. The molecule has 0 aliphatic rings. The smallest absolute Gasteiger partial charge is 0.326 e. The number of carboxylic acids is 1. The number of carbonyl (C=O) groups excluding carboxylic acids is 4. The predicted molar refractivity (Wildman–Crippen MR) is 148 cm³/mol. The molecule has 0 fully saturated rings. The summed E-state index contributed by atoms with van der Waals surface area (Å²) >= 11 is 1.50. The summed E-state index contributed by atoms with van der Waals surface area (Å²) in [5, 5.41) is 26.7. The molecule has 0 heterocycles. The molecule has 0 aliphatic carbocycles. The number of unbranched alkanes of at least 4 members (excludes halogenated alkanes) is 1. The molecule has 14 heteroatoms. The number of nitrogens with one attached hydrogen (secondary N) is 3. The highest BCUT2D eigenvalue weighted by molar-refractivity contribution is 7.98. The lowest BCUT2D eigenvalue weighted by molar-refractivity contribution is -0.142. The van der Waals surface area contributed by atoms with Gasteiger partial charge in [-0.05, 0) is 68.4 Å². The minimum atomic E-state index is -1.24. The Bertz CT molecular complexity index is 963. The van der Waals surface area contributed by atoms with E-state index in [2.05, 4.69) is 16.0 Å². The number of hydrogen-bond acceptors (Lipinski definition) is 9. The molecule has 11 N–H and O–H groups in total. The number of carboxylic acid groups (broad SMARTS) is 1. The zero-order valence-electron chi connectivity index (χ0n) is 22.1. The Kier molecular flexibility index (Phi) is 15.6. The van der Waals surface area contributed by atoms with E-state index in [1.165, 1.54) is 23.9 Å². The number of carbonyl (C=O) groups is 5. The topological polar surface area (TPSA) is 240 Å². The van der Waals surface area contributed by atoms with Gasteiger partial charge in [0.1, 0.15) is 23.9 Å². The highest BCUT2D eigenvalue weighted by Crippen LogP contribution is 2.13. The van der Waals surface area contributed by atoms with Gasteiger partial charge in [0.25, 0.3) is 0 Å². The Hall–Kier alpha value is -3.36. The van der Waals surface area contributed by atoms with E-state index in [1.807, 2.05) is 6.26 Å². The van der Waals surface area contributed by atoms with Gasteiger partial charge in [-0.3, -0.25) is 19.2 Å². The Labute approximate surface area is 232 Å². The summed E-state index contributed by atoms with van der Waals surface area (Å²) in [5.41, 5.74) is 17.2. The van der Waals surface area contributed by atoms with Crippen LogP contribution in [0.4, 0.5) is 0 Å². The van der Waals surface area contributed by atoms with Crippen molar-refractivity contribution >= 4 is 41.4 Å². The molecule has 0 radical (unpaired) electrons. The number of phenols is 1. The summed E-state index contributed by atoms with van der Waals surface area (Å²) in [6.07, 6.45) is 3.03. The summed E-state index contributed by atoms with van der Waals surface area (Å²) in [6.45, 7) is 0.374.